The minimum atomic E-state index is 0.436. The molecule has 0 saturated heterocycles. The SMILES string of the molecule is CCC1Pc2c(-c3cnc4ccccc4c3)cnn2C(N)=C1Br. The highest BCUT2D eigenvalue weighted by molar-refractivity contribution is 9.12. The van der Waals surface area contributed by atoms with E-state index in [1.54, 1.807) is 0 Å². The van der Waals surface area contributed by atoms with Gasteiger partial charge in [0.25, 0.3) is 0 Å². The summed E-state index contributed by atoms with van der Waals surface area (Å²) in [5.74, 6) is 0.700. The van der Waals surface area contributed by atoms with E-state index in [9.17, 15) is 0 Å². The van der Waals surface area contributed by atoms with E-state index in [1.807, 2.05) is 35.3 Å². The van der Waals surface area contributed by atoms with Crippen LogP contribution in [0, 0.1) is 0 Å². The fourth-order valence-corrected chi connectivity index (χ4v) is 5.20. The molecule has 0 radical (unpaired) electrons. The van der Waals surface area contributed by atoms with E-state index in [1.165, 1.54) is 5.44 Å². The zero-order chi connectivity index (χ0) is 16.0. The van der Waals surface area contributed by atoms with Crippen LogP contribution in [0.5, 0.6) is 0 Å². The summed E-state index contributed by atoms with van der Waals surface area (Å²) in [4.78, 5) is 4.57. The highest BCUT2D eigenvalue weighted by atomic mass is 79.9. The summed E-state index contributed by atoms with van der Waals surface area (Å²) in [7, 11) is 0.644. The van der Waals surface area contributed by atoms with Crippen molar-refractivity contribution in [1.29, 1.82) is 0 Å². The Balaban J connectivity index is 1.86. The fourth-order valence-electron chi connectivity index (χ4n) is 2.89. The van der Waals surface area contributed by atoms with Crippen LogP contribution in [0.3, 0.4) is 0 Å². The van der Waals surface area contributed by atoms with E-state index >= 15 is 0 Å². The number of rotatable bonds is 2. The van der Waals surface area contributed by atoms with Crippen LogP contribution in [0.4, 0.5) is 0 Å². The quantitative estimate of drug-likeness (QED) is 0.683. The van der Waals surface area contributed by atoms with Crippen LogP contribution < -0.4 is 11.2 Å². The molecule has 1 aliphatic rings. The second-order valence-electron chi connectivity index (χ2n) is 5.57. The Labute approximate surface area is 144 Å². The van der Waals surface area contributed by atoms with Crippen LogP contribution in [0.2, 0.25) is 0 Å². The lowest BCUT2D eigenvalue weighted by molar-refractivity contribution is 0.870. The first-order valence-electron chi connectivity index (χ1n) is 7.54. The number of para-hydroxylation sites is 1. The Morgan fingerprint density at radius 2 is 2.13 bits per heavy atom. The summed E-state index contributed by atoms with van der Waals surface area (Å²) >= 11 is 3.64. The van der Waals surface area contributed by atoms with Gasteiger partial charge in [-0.2, -0.15) is 5.10 Å². The normalized spacial score (nSPS) is 18.6. The molecule has 2 aromatic heterocycles. The number of halogens is 1. The van der Waals surface area contributed by atoms with Crippen molar-refractivity contribution in [3.63, 3.8) is 0 Å². The highest BCUT2D eigenvalue weighted by Gasteiger charge is 2.27. The van der Waals surface area contributed by atoms with Crippen molar-refractivity contribution >= 4 is 46.7 Å². The van der Waals surface area contributed by atoms with Crippen molar-refractivity contribution in [3.05, 3.63) is 47.2 Å². The number of fused-ring (bicyclic) bond motifs is 2. The van der Waals surface area contributed by atoms with Gasteiger partial charge >= 0.3 is 0 Å². The Kier molecular flexibility index (Phi) is 3.70. The Morgan fingerprint density at radius 1 is 1.30 bits per heavy atom. The second-order valence-corrected chi connectivity index (χ2v) is 7.89. The molecule has 4 nitrogen and oxygen atoms in total. The standard InChI is InChI=1S/C17H16BrN4P/c1-2-14-15(18)16(19)22-17(23-14)12(9-21-22)11-7-10-5-3-4-6-13(10)20-8-11/h3-9,14,23H,2,19H2,1H3. The van der Waals surface area contributed by atoms with E-state index < -0.39 is 0 Å². The van der Waals surface area contributed by atoms with Crippen molar-refractivity contribution in [2.75, 3.05) is 0 Å². The third kappa shape index (κ3) is 2.39. The van der Waals surface area contributed by atoms with Gasteiger partial charge in [-0.25, -0.2) is 4.68 Å². The van der Waals surface area contributed by atoms with Crippen LogP contribution in [-0.2, 0) is 0 Å². The number of nitrogens with zero attached hydrogens (tertiary/aromatic N) is 3. The van der Waals surface area contributed by atoms with Crippen molar-refractivity contribution in [2.45, 2.75) is 19.0 Å². The molecule has 1 aromatic carbocycles. The monoisotopic (exact) mass is 386 g/mol. The molecule has 4 rings (SSSR count). The maximum Gasteiger partial charge on any atom is 0.136 e. The van der Waals surface area contributed by atoms with Gasteiger partial charge in [0.05, 0.1) is 17.1 Å². The van der Waals surface area contributed by atoms with E-state index in [2.05, 4.69) is 45.1 Å². The minimum absolute atomic E-state index is 0.436. The van der Waals surface area contributed by atoms with E-state index in [0.717, 1.165) is 32.9 Å². The lowest BCUT2D eigenvalue weighted by Crippen LogP contribution is -2.28. The van der Waals surface area contributed by atoms with Crippen molar-refractivity contribution in [3.8, 4) is 11.1 Å². The van der Waals surface area contributed by atoms with Gasteiger partial charge in [0.1, 0.15) is 5.82 Å². The number of hydrogen-bond acceptors (Lipinski definition) is 3. The molecule has 0 aliphatic carbocycles. The van der Waals surface area contributed by atoms with E-state index in [0.29, 0.717) is 20.1 Å². The maximum absolute atomic E-state index is 6.26. The van der Waals surface area contributed by atoms with Crippen molar-refractivity contribution in [1.82, 2.24) is 14.8 Å². The third-order valence-electron chi connectivity index (χ3n) is 4.17. The summed E-state index contributed by atoms with van der Waals surface area (Å²) in [6.07, 6.45) is 4.88. The molecule has 0 fully saturated rings. The molecule has 0 spiro atoms. The fraction of sp³-hybridized carbons (Fsp3) is 0.176. The van der Waals surface area contributed by atoms with Crippen LogP contribution in [-0.4, -0.2) is 20.4 Å². The van der Waals surface area contributed by atoms with Crippen LogP contribution in [0.1, 0.15) is 13.3 Å². The average Bonchev–Trinajstić information content (AvgIpc) is 3.01. The molecular weight excluding hydrogens is 371 g/mol. The summed E-state index contributed by atoms with van der Waals surface area (Å²) in [5, 5.41) is 5.64. The van der Waals surface area contributed by atoms with Gasteiger partial charge < -0.3 is 5.73 Å². The number of aromatic nitrogens is 3. The van der Waals surface area contributed by atoms with Gasteiger partial charge in [0.15, 0.2) is 0 Å². The molecule has 0 bridgehead atoms. The molecule has 2 unspecified atom stereocenters. The molecular formula is C17H16BrN4P. The summed E-state index contributed by atoms with van der Waals surface area (Å²) in [6, 6.07) is 10.3. The summed E-state index contributed by atoms with van der Waals surface area (Å²) in [6.45, 7) is 2.19. The number of hydrogen-bond donors (Lipinski definition) is 1. The van der Waals surface area contributed by atoms with Crippen LogP contribution in [0.15, 0.2) is 47.2 Å². The van der Waals surface area contributed by atoms with Crippen molar-refractivity contribution in [2.24, 2.45) is 5.73 Å². The first-order valence-corrected chi connectivity index (χ1v) is 9.41. The predicted octanol–water partition coefficient (Wildman–Crippen LogP) is 3.67. The summed E-state index contributed by atoms with van der Waals surface area (Å²) < 4.78 is 2.93. The second kappa shape index (κ2) is 5.73. The lowest BCUT2D eigenvalue weighted by atomic mass is 10.1. The third-order valence-corrected chi connectivity index (χ3v) is 7.35. The molecule has 3 aromatic rings. The van der Waals surface area contributed by atoms with Gasteiger partial charge in [-0.1, -0.05) is 49.6 Å². The first kappa shape index (κ1) is 14.9. The van der Waals surface area contributed by atoms with E-state index in [-0.39, 0.29) is 0 Å². The number of nitrogens with two attached hydrogens (primary N) is 1. The Hall–Kier alpha value is -1.71. The zero-order valence-electron chi connectivity index (χ0n) is 12.6. The lowest BCUT2D eigenvalue weighted by Gasteiger charge is -2.24. The Bertz CT molecular complexity index is 931. The molecule has 116 valence electrons. The predicted molar refractivity (Wildman–Crippen MR) is 101 cm³/mol. The Morgan fingerprint density at radius 3 is 2.96 bits per heavy atom. The maximum atomic E-state index is 6.26. The molecule has 2 atom stereocenters. The number of allylic oxidation sites excluding steroid dienone is 1. The molecule has 23 heavy (non-hydrogen) atoms. The smallest absolute Gasteiger partial charge is 0.136 e. The highest BCUT2D eigenvalue weighted by Crippen LogP contribution is 2.40. The molecule has 1 aliphatic heterocycles. The molecule has 2 N–H and O–H groups in total. The van der Waals surface area contributed by atoms with Crippen LogP contribution >= 0.6 is 24.5 Å². The molecule has 6 heteroatoms. The van der Waals surface area contributed by atoms with Gasteiger partial charge in [-0.15, -0.1) is 0 Å². The number of pyridine rings is 1. The molecule has 0 amide bonds. The minimum Gasteiger partial charge on any atom is -0.383 e. The average molecular weight is 387 g/mol. The van der Waals surface area contributed by atoms with Gasteiger partial charge in [0.2, 0.25) is 0 Å². The van der Waals surface area contributed by atoms with Gasteiger partial charge in [-0.3, -0.25) is 4.98 Å². The molecule has 3 heterocycles. The van der Waals surface area contributed by atoms with Gasteiger partial charge in [-0.05, 0) is 18.6 Å². The van der Waals surface area contributed by atoms with Crippen LogP contribution in [0.25, 0.3) is 27.9 Å². The van der Waals surface area contributed by atoms with Gasteiger partial charge in [0, 0.05) is 32.9 Å². The molecule has 0 saturated carbocycles. The van der Waals surface area contributed by atoms with Crippen molar-refractivity contribution < 1.29 is 0 Å². The topological polar surface area (TPSA) is 56.7 Å². The largest absolute Gasteiger partial charge is 0.383 e. The zero-order valence-corrected chi connectivity index (χ0v) is 15.2. The number of benzene rings is 1. The summed E-state index contributed by atoms with van der Waals surface area (Å²) in [5.41, 5.74) is 11.1. The van der Waals surface area contributed by atoms with E-state index in [4.69, 9.17) is 5.73 Å². The first-order chi connectivity index (χ1) is 11.2.